The summed E-state index contributed by atoms with van der Waals surface area (Å²) < 4.78 is 11.7. The molecule has 12 nitrogen and oxygen atoms in total. The first-order chi connectivity index (χ1) is 21.5. The second kappa shape index (κ2) is 17.4. The molecule has 2 heterocycles. The fourth-order valence-electron chi connectivity index (χ4n) is 8.05. The number of nitriles is 1. The van der Waals surface area contributed by atoms with Crippen molar-refractivity contribution in [2.45, 2.75) is 115 Å². The number of hydrogen-bond acceptors (Lipinski definition) is 9. The first-order valence-electron chi connectivity index (χ1n) is 16.7. The van der Waals surface area contributed by atoms with E-state index in [0.717, 1.165) is 32.1 Å². The summed E-state index contributed by atoms with van der Waals surface area (Å²) >= 11 is 0. The average Bonchev–Trinajstić information content (AvgIpc) is 3.79. The van der Waals surface area contributed by atoms with Crippen molar-refractivity contribution in [3.63, 3.8) is 0 Å². The number of hydrogen-bond donors (Lipinski definition) is 2. The van der Waals surface area contributed by atoms with E-state index in [1.54, 1.807) is 38.0 Å². The van der Waals surface area contributed by atoms with Crippen LogP contribution in [0.5, 0.6) is 0 Å². The van der Waals surface area contributed by atoms with Crippen molar-refractivity contribution in [3.05, 3.63) is 0 Å². The molecular formula is C33H55N5O7. The summed E-state index contributed by atoms with van der Waals surface area (Å²) in [5, 5.41) is 21.1. The molecule has 45 heavy (non-hydrogen) atoms. The molecule has 2 aliphatic heterocycles. The van der Waals surface area contributed by atoms with Crippen molar-refractivity contribution in [3.8, 4) is 6.07 Å². The summed E-state index contributed by atoms with van der Waals surface area (Å²) in [4.78, 5) is 58.8. The molecule has 0 aromatic heterocycles. The van der Waals surface area contributed by atoms with E-state index in [1.807, 2.05) is 18.7 Å². The van der Waals surface area contributed by atoms with Crippen LogP contribution in [-0.2, 0) is 28.7 Å². The Labute approximate surface area is 268 Å². The number of rotatable bonds is 18. The minimum Gasteiger partial charge on any atom is -0.395 e. The maximum absolute atomic E-state index is 13.8. The van der Waals surface area contributed by atoms with Crippen LogP contribution in [0.25, 0.3) is 0 Å². The van der Waals surface area contributed by atoms with Crippen LogP contribution in [0.2, 0.25) is 0 Å². The highest BCUT2D eigenvalue weighted by atomic mass is 16.5. The maximum atomic E-state index is 13.8. The number of aliphatic hydroxyl groups is 1. The van der Waals surface area contributed by atoms with Gasteiger partial charge < -0.3 is 29.7 Å². The van der Waals surface area contributed by atoms with Crippen LogP contribution in [0, 0.1) is 29.1 Å². The van der Waals surface area contributed by atoms with Gasteiger partial charge in [0.1, 0.15) is 0 Å². The summed E-state index contributed by atoms with van der Waals surface area (Å²) in [7, 11) is 4.83. The van der Waals surface area contributed by atoms with E-state index < -0.39 is 18.1 Å². The Hall–Kier alpha value is -2.59. The maximum Gasteiger partial charge on any atom is 0.225 e. The number of methoxy groups -OCH3 is 2. The first kappa shape index (κ1) is 36.9. The third-order valence-corrected chi connectivity index (χ3v) is 10.6. The van der Waals surface area contributed by atoms with Gasteiger partial charge in [0, 0.05) is 53.2 Å². The summed E-state index contributed by atoms with van der Waals surface area (Å²) in [6.07, 6.45) is 4.40. The number of ether oxygens (including phenoxy) is 2. The number of carbonyl (C=O) groups is 4. The molecule has 254 valence electrons. The number of nitrogens with one attached hydrogen (secondary N) is 1. The quantitative estimate of drug-likeness (QED) is 0.215. The standard InChI is InChI=1S/C33H55N5O7/c1-7-21(2)30(36(4)28(41)13-12-26(40)31-23-10-11-24(19-23)37(31)17-14-34)27(44-5)20-29(42)38-16-8-9-25(38)32(45-6)22(3)33(43)35-15-18-39/h21-25,27,30-32,39H,7-13,15-20H2,1-6H3,(H,35,43). The summed E-state index contributed by atoms with van der Waals surface area (Å²) in [5.41, 5.74) is 0. The van der Waals surface area contributed by atoms with Crippen molar-refractivity contribution < 1.29 is 33.8 Å². The zero-order chi connectivity index (χ0) is 33.3. The molecule has 9 atom stereocenters. The van der Waals surface area contributed by atoms with Gasteiger partial charge in [-0.15, -0.1) is 0 Å². The molecule has 3 aliphatic rings. The molecule has 2 bridgehead atoms. The van der Waals surface area contributed by atoms with Gasteiger partial charge in [-0.3, -0.25) is 24.1 Å². The topological polar surface area (TPSA) is 153 Å². The van der Waals surface area contributed by atoms with Crippen LogP contribution in [0.15, 0.2) is 0 Å². The van der Waals surface area contributed by atoms with Crippen molar-refractivity contribution in [1.29, 1.82) is 5.26 Å². The summed E-state index contributed by atoms with van der Waals surface area (Å²) in [5.74, 6) is -0.717. The lowest BCUT2D eigenvalue weighted by atomic mass is 9.89. The lowest BCUT2D eigenvalue weighted by molar-refractivity contribution is -0.146. The van der Waals surface area contributed by atoms with Gasteiger partial charge in [-0.25, -0.2) is 0 Å². The van der Waals surface area contributed by atoms with Crippen molar-refractivity contribution in [2.24, 2.45) is 17.8 Å². The molecule has 0 aromatic rings. The van der Waals surface area contributed by atoms with E-state index in [4.69, 9.17) is 14.6 Å². The molecule has 9 unspecified atom stereocenters. The third kappa shape index (κ3) is 8.61. The number of fused-ring (bicyclic) bond motifs is 2. The average molecular weight is 634 g/mol. The van der Waals surface area contributed by atoms with Gasteiger partial charge >= 0.3 is 0 Å². The monoisotopic (exact) mass is 633 g/mol. The van der Waals surface area contributed by atoms with Gasteiger partial charge in [0.2, 0.25) is 17.7 Å². The predicted octanol–water partition coefficient (Wildman–Crippen LogP) is 1.74. The molecule has 1 saturated carbocycles. The number of carbonyl (C=O) groups excluding carboxylic acids is 4. The minimum absolute atomic E-state index is 0.0282. The van der Waals surface area contributed by atoms with E-state index in [2.05, 4.69) is 11.4 Å². The van der Waals surface area contributed by atoms with E-state index >= 15 is 0 Å². The molecule has 12 heteroatoms. The first-order valence-corrected chi connectivity index (χ1v) is 16.7. The van der Waals surface area contributed by atoms with Crippen molar-refractivity contribution in [2.75, 3.05) is 47.5 Å². The molecule has 3 amide bonds. The molecule has 0 radical (unpaired) electrons. The smallest absolute Gasteiger partial charge is 0.225 e. The normalized spacial score (nSPS) is 26.1. The molecule has 0 spiro atoms. The highest BCUT2D eigenvalue weighted by Gasteiger charge is 2.48. The fraction of sp³-hybridized carbons (Fsp3) is 0.848. The number of nitrogens with zero attached hydrogens (tertiary/aromatic N) is 4. The predicted molar refractivity (Wildman–Crippen MR) is 168 cm³/mol. The number of amides is 3. The Bertz CT molecular complexity index is 1070. The van der Waals surface area contributed by atoms with Gasteiger partial charge in [0.25, 0.3) is 0 Å². The van der Waals surface area contributed by atoms with E-state index in [9.17, 15) is 24.4 Å². The Morgan fingerprint density at radius 2 is 1.84 bits per heavy atom. The van der Waals surface area contributed by atoms with Crippen LogP contribution in [0.1, 0.15) is 78.6 Å². The second-order valence-corrected chi connectivity index (χ2v) is 13.1. The Morgan fingerprint density at radius 1 is 1.11 bits per heavy atom. The molecule has 2 saturated heterocycles. The second-order valence-electron chi connectivity index (χ2n) is 13.1. The van der Waals surface area contributed by atoms with E-state index in [-0.39, 0.29) is 98.5 Å². The molecule has 2 N–H and O–H groups in total. The minimum atomic E-state index is -0.568. The van der Waals surface area contributed by atoms with Gasteiger partial charge in [0.05, 0.1) is 61.9 Å². The SMILES string of the molecule is CCC(C)C(C(CC(=O)N1CCCC1C(OC)C(C)C(=O)NCCO)OC)N(C)C(=O)CCC(=O)C1C2CCC(C2)N1CC#N. The van der Waals surface area contributed by atoms with Gasteiger partial charge in [-0.1, -0.05) is 27.2 Å². The lowest BCUT2D eigenvalue weighted by Crippen LogP contribution is -2.53. The van der Waals surface area contributed by atoms with Gasteiger partial charge in [0.15, 0.2) is 5.78 Å². The van der Waals surface area contributed by atoms with Crippen LogP contribution in [0.4, 0.5) is 0 Å². The van der Waals surface area contributed by atoms with E-state index in [0.29, 0.717) is 13.0 Å². The zero-order valence-corrected chi connectivity index (χ0v) is 28.1. The third-order valence-electron chi connectivity index (χ3n) is 10.6. The lowest BCUT2D eigenvalue weighted by Gasteiger charge is -2.39. The van der Waals surface area contributed by atoms with Crippen molar-refractivity contribution in [1.82, 2.24) is 20.0 Å². The molecule has 1 aliphatic carbocycles. The molecule has 3 fully saturated rings. The number of likely N-dealkylation sites (N-methyl/N-ethyl adjacent to an activating group) is 1. The van der Waals surface area contributed by atoms with Gasteiger partial charge in [-0.05, 0) is 43.9 Å². The number of aliphatic hydroxyl groups excluding tert-OH is 1. The summed E-state index contributed by atoms with van der Waals surface area (Å²) in [6, 6.07) is 1.55. The van der Waals surface area contributed by atoms with Crippen molar-refractivity contribution >= 4 is 23.5 Å². The number of Topliss-reactive ketones (excluding diaryl/α,β-unsaturated/α-hetero) is 1. The number of piperidine rings is 1. The molecular weight excluding hydrogens is 578 g/mol. The Kier molecular flexibility index (Phi) is 14.2. The van der Waals surface area contributed by atoms with Crippen LogP contribution in [0.3, 0.4) is 0 Å². The largest absolute Gasteiger partial charge is 0.395 e. The van der Waals surface area contributed by atoms with Crippen LogP contribution in [-0.4, -0.2) is 127 Å². The highest BCUT2D eigenvalue weighted by Crippen LogP contribution is 2.43. The number of likely N-dealkylation sites (tertiary alicyclic amines) is 2. The molecule has 0 aromatic carbocycles. The van der Waals surface area contributed by atoms with Gasteiger partial charge in [-0.2, -0.15) is 5.26 Å². The molecule has 3 rings (SSSR count). The Balaban J connectivity index is 1.67. The van der Waals surface area contributed by atoms with E-state index in [1.165, 1.54) is 0 Å². The fourth-order valence-corrected chi connectivity index (χ4v) is 8.05. The summed E-state index contributed by atoms with van der Waals surface area (Å²) in [6.45, 7) is 6.62. The van der Waals surface area contributed by atoms with Crippen LogP contribution < -0.4 is 5.32 Å². The highest BCUT2D eigenvalue weighted by molar-refractivity contribution is 5.89. The van der Waals surface area contributed by atoms with Crippen LogP contribution >= 0.6 is 0 Å². The zero-order valence-electron chi connectivity index (χ0n) is 28.1. The number of ketones is 1. The Morgan fingerprint density at radius 3 is 2.47 bits per heavy atom.